The lowest BCUT2D eigenvalue weighted by Gasteiger charge is -2.39. The fourth-order valence-electron chi connectivity index (χ4n) is 2.98. The third kappa shape index (κ3) is 2.81. The number of non-ortho nitro benzene ring substituents is 1. The number of nitriles is 1. The fraction of sp³-hybridized carbons (Fsp3) is 0.375. The second-order valence-corrected chi connectivity index (χ2v) is 5.58. The summed E-state index contributed by atoms with van der Waals surface area (Å²) in [6.07, 6.45) is 5.08. The maximum absolute atomic E-state index is 11.1. The lowest BCUT2D eigenvalue weighted by Crippen LogP contribution is -2.43. The largest absolute Gasteiger partial charge is 0.482 e. The van der Waals surface area contributed by atoms with E-state index in [1.807, 2.05) is 12.3 Å². The van der Waals surface area contributed by atoms with E-state index in [0.29, 0.717) is 48.8 Å². The number of amidine groups is 1. The third-order valence-corrected chi connectivity index (χ3v) is 4.18. The van der Waals surface area contributed by atoms with Gasteiger partial charge in [-0.25, -0.2) is 0 Å². The van der Waals surface area contributed by atoms with Crippen molar-refractivity contribution >= 4 is 17.1 Å². The Bertz CT molecular complexity index is 773. The predicted molar refractivity (Wildman–Crippen MR) is 86.6 cm³/mol. The van der Waals surface area contributed by atoms with Crippen LogP contribution in [0.1, 0.15) is 18.4 Å². The number of aliphatic imine (C=N–C) groups is 1. The minimum Gasteiger partial charge on any atom is -0.482 e. The van der Waals surface area contributed by atoms with Crippen LogP contribution in [0.4, 0.5) is 5.69 Å². The molecule has 1 aromatic carbocycles. The highest BCUT2D eigenvalue weighted by Gasteiger charge is 2.38. The fourth-order valence-corrected chi connectivity index (χ4v) is 2.98. The maximum Gasteiger partial charge on any atom is 0.270 e. The van der Waals surface area contributed by atoms with E-state index in [-0.39, 0.29) is 5.69 Å². The van der Waals surface area contributed by atoms with Gasteiger partial charge in [0.15, 0.2) is 6.19 Å². The molecule has 1 spiro atoms. The Labute approximate surface area is 138 Å². The smallest absolute Gasteiger partial charge is 0.270 e. The first kappa shape index (κ1) is 16.0. The van der Waals surface area contributed by atoms with Crippen LogP contribution in [-0.4, -0.2) is 36.6 Å². The summed E-state index contributed by atoms with van der Waals surface area (Å²) in [7, 11) is 1.56. The number of nitrogens with one attached hydrogen (secondary N) is 1. The Kier molecular flexibility index (Phi) is 4.18. The molecule has 1 aromatic rings. The van der Waals surface area contributed by atoms with E-state index < -0.39 is 10.5 Å². The van der Waals surface area contributed by atoms with Crippen LogP contribution in [0.15, 0.2) is 29.3 Å². The molecule has 0 atom stereocenters. The summed E-state index contributed by atoms with van der Waals surface area (Å²) in [6.45, 7) is 1.13. The van der Waals surface area contributed by atoms with Gasteiger partial charge in [0.1, 0.15) is 17.2 Å². The lowest BCUT2D eigenvalue weighted by molar-refractivity contribution is -0.384. The van der Waals surface area contributed by atoms with Crippen molar-refractivity contribution in [2.45, 2.75) is 18.4 Å². The quantitative estimate of drug-likeness (QED) is 0.222. The zero-order valence-corrected chi connectivity index (χ0v) is 13.1. The van der Waals surface area contributed by atoms with Crippen LogP contribution in [0.2, 0.25) is 0 Å². The number of hydrogen-bond acceptors (Lipinski definition) is 6. The topological polar surface area (TPSA) is 110 Å². The van der Waals surface area contributed by atoms with Crippen LogP contribution < -0.4 is 10.1 Å². The zero-order chi connectivity index (χ0) is 17.2. The van der Waals surface area contributed by atoms with Crippen LogP contribution in [0.3, 0.4) is 0 Å². The zero-order valence-electron chi connectivity index (χ0n) is 13.1. The van der Waals surface area contributed by atoms with Crippen LogP contribution >= 0.6 is 0 Å². The van der Waals surface area contributed by atoms with Crippen molar-refractivity contribution in [2.24, 2.45) is 4.99 Å². The van der Waals surface area contributed by atoms with Gasteiger partial charge in [-0.3, -0.25) is 20.4 Å². The summed E-state index contributed by atoms with van der Waals surface area (Å²) in [5, 5.41) is 22.6. The molecule has 0 radical (unpaired) electrons. The molecule has 2 aliphatic heterocycles. The number of ether oxygens (including phenoxy) is 2. The average molecular weight is 328 g/mol. The molecule has 3 rings (SSSR count). The van der Waals surface area contributed by atoms with Gasteiger partial charge in [-0.1, -0.05) is 0 Å². The van der Waals surface area contributed by atoms with Crippen LogP contribution in [0, 0.1) is 21.6 Å². The van der Waals surface area contributed by atoms with Crippen molar-refractivity contribution in [2.75, 3.05) is 20.3 Å². The number of rotatable bonds is 2. The van der Waals surface area contributed by atoms with E-state index in [1.54, 1.807) is 13.1 Å². The Morgan fingerprint density at radius 3 is 2.83 bits per heavy atom. The number of nitro groups is 1. The monoisotopic (exact) mass is 328 g/mol. The van der Waals surface area contributed by atoms with E-state index in [9.17, 15) is 10.1 Å². The molecule has 2 aliphatic rings. The maximum atomic E-state index is 11.1. The summed E-state index contributed by atoms with van der Waals surface area (Å²) in [5.41, 5.74) is 0.582. The molecule has 1 saturated heterocycles. The molecule has 124 valence electrons. The van der Waals surface area contributed by atoms with E-state index in [0.717, 1.165) is 0 Å². The van der Waals surface area contributed by atoms with Crippen molar-refractivity contribution < 1.29 is 14.4 Å². The molecule has 0 aromatic heterocycles. The average Bonchev–Trinajstić information content (AvgIpc) is 2.59. The molecule has 0 amide bonds. The molecule has 1 N–H and O–H groups in total. The molecule has 24 heavy (non-hydrogen) atoms. The highest BCUT2D eigenvalue weighted by atomic mass is 16.6. The summed E-state index contributed by atoms with van der Waals surface area (Å²) < 4.78 is 11.6. The van der Waals surface area contributed by atoms with Crippen LogP contribution in [-0.2, 0) is 4.74 Å². The first-order valence-electron chi connectivity index (χ1n) is 7.49. The molecule has 0 unspecified atom stereocenters. The normalized spacial score (nSPS) is 18.8. The molecule has 0 saturated carbocycles. The van der Waals surface area contributed by atoms with Crippen LogP contribution in [0.5, 0.6) is 5.75 Å². The SMILES string of the molecule is CN=C(NC#N)C1=CC2(CCOCC2)Oc2ccc([N+](=O)[O-])cc21. The first-order valence-corrected chi connectivity index (χ1v) is 7.49. The van der Waals surface area contributed by atoms with Gasteiger partial charge in [0.2, 0.25) is 0 Å². The highest BCUT2D eigenvalue weighted by Crippen LogP contribution is 2.42. The first-order chi connectivity index (χ1) is 11.6. The summed E-state index contributed by atoms with van der Waals surface area (Å²) in [5.74, 6) is 0.898. The molecule has 2 heterocycles. The van der Waals surface area contributed by atoms with E-state index in [4.69, 9.17) is 14.7 Å². The molecule has 0 aliphatic carbocycles. The number of hydrogen-bond donors (Lipinski definition) is 1. The van der Waals surface area contributed by atoms with Crippen molar-refractivity contribution in [1.29, 1.82) is 5.26 Å². The Hall–Kier alpha value is -2.92. The van der Waals surface area contributed by atoms with Crippen LogP contribution in [0.25, 0.3) is 5.57 Å². The summed E-state index contributed by atoms with van der Waals surface area (Å²) >= 11 is 0. The molecule has 1 fully saturated rings. The second kappa shape index (κ2) is 6.29. The van der Waals surface area contributed by atoms with Crippen molar-refractivity contribution in [3.05, 3.63) is 40.0 Å². The highest BCUT2D eigenvalue weighted by molar-refractivity contribution is 6.24. The third-order valence-electron chi connectivity index (χ3n) is 4.18. The molecule has 8 heteroatoms. The van der Waals surface area contributed by atoms with Gasteiger partial charge < -0.3 is 9.47 Å². The molecular formula is C16H16N4O4. The van der Waals surface area contributed by atoms with Gasteiger partial charge in [-0.2, -0.15) is 5.26 Å². The Morgan fingerprint density at radius 2 is 2.21 bits per heavy atom. The number of fused-ring (bicyclic) bond motifs is 1. The minimum absolute atomic E-state index is 0.0430. The predicted octanol–water partition coefficient (Wildman–Crippen LogP) is 2.02. The van der Waals surface area contributed by atoms with Gasteiger partial charge in [0, 0.05) is 43.2 Å². The molecule has 8 nitrogen and oxygen atoms in total. The summed E-state index contributed by atoms with van der Waals surface area (Å²) in [6, 6.07) is 4.45. The Morgan fingerprint density at radius 1 is 1.46 bits per heavy atom. The standard InChI is InChI=1S/C16H16N4O4/c1-18-15(19-10-17)13-9-16(4-6-23-7-5-16)24-14-3-2-11(20(21)22)8-12(13)14/h2-3,8-9H,4-7H2,1H3,(H,18,19). The van der Waals surface area contributed by atoms with E-state index in [2.05, 4.69) is 10.3 Å². The lowest BCUT2D eigenvalue weighted by atomic mass is 9.86. The van der Waals surface area contributed by atoms with Crippen molar-refractivity contribution in [3.8, 4) is 11.9 Å². The number of nitrogens with zero attached hydrogens (tertiary/aromatic N) is 3. The van der Waals surface area contributed by atoms with E-state index >= 15 is 0 Å². The van der Waals surface area contributed by atoms with Gasteiger partial charge in [-0.05, 0) is 12.1 Å². The summed E-state index contributed by atoms with van der Waals surface area (Å²) in [4.78, 5) is 14.7. The number of nitro benzene ring substituents is 1. The van der Waals surface area contributed by atoms with Gasteiger partial charge in [0.25, 0.3) is 5.69 Å². The van der Waals surface area contributed by atoms with E-state index in [1.165, 1.54) is 12.1 Å². The van der Waals surface area contributed by atoms with Gasteiger partial charge in [-0.15, -0.1) is 0 Å². The van der Waals surface area contributed by atoms with Crippen molar-refractivity contribution in [3.63, 3.8) is 0 Å². The minimum atomic E-state index is -0.552. The molecule has 0 bridgehead atoms. The van der Waals surface area contributed by atoms with Crippen molar-refractivity contribution in [1.82, 2.24) is 5.32 Å². The number of benzene rings is 1. The van der Waals surface area contributed by atoms with Gasteiger partial charge >= 0.3 is 0 Å². The van der Waals surface area contributed by atoms with Gasteiger partial charge in [0.05, 0.1) is 18.1 Å². The Balaban J connectivity index is 2.14. The second-order valence-electron chi connectivity index (χ2n) is 5.58. The molecular weight excluding hydrogens is 312 g/mol.